The van der Waals surface area contributed by atoms with E-state index in [4.69, 9.17) is 0 Å². The summed E-state index contributed by atoms with van der Waals surface area (Å²) >= 11 is 0. The Morgan fingerprint density at radius 1 is 1.11 bits per heavy atom. The Morgan fingerprint density at radius 3 is 2.50 bits per heavy atom. The summed E-state index contributed by atoms with van der Waals surface area (Å²) in [5.41, 5.74) is 0.672. The van der Waals surface area contributed by atoms with Gasteiger partial charge in [0.2, 0.25) is 0 Å². The summed E-state index contributed by atoms with van der Waals surface area (Å²) in [6.07, 6.45) is 7.63. The fourth-order valence-corrected chi connectivity index (χ4v) is 1.89. The molecule has 1 rings (SSSR count). The van der Waals surface area contributed by atoms with Gasteiger partial charge in [0.25, 0.3) is 0 Å². The second-order valence-corrected chi connectivity index (χ2v) is 5.40. The first-order chi connectivity index (χ1) is 8.49. The molecule has 0 aliphatic rings. The van der Waals surface area contributed by atoms with Gasteiger partial charge in [-0.1, -0.05) is 45.8 Å². The summed E-state index contributed by atoms with van der Waals surface area (Å²) in [5.74, 6) is 1.64. The van der Waals surface area contributed by atoms with E-state index < -0.39 is 0 Å². The van der Waals surface area contributed by atoms with Crippen molar-refractivity contribution in [2.45, 2.75) is 40.0 Å². The van der Waals surface area contributed by atoms with Crippen LogP contribution in [-0.2, 0) is 0 Å². The maximum Gasteiger partial charge on any atom is 0.123 e. The van der Waals surface area contributed by atoms with Gasteiger partial charge in [-0.15, -0.1) is 0 Å². The molecule has 0 saturated carbocycles. The Kier molecular flexibility index (Phi) is 5.76. The fraction of sp³-hybridized carbons (Fsp3) is 0.500. The predicted octanol–water partition coefficient (Wildman–Crippen LogP) is 4.57. The number of benzene rings is 1. The lowest BCUT2D eigenvalue weighted by atomic mass is 9.98. The van der Waals surface area contributed by atoms with Crippen molar-refractivity contribution in [2.75, 3.05) is 0 Å². The van der Waals surface area contributed by atoms with Crippen molar-refractivity contribution >= 4 is 6.08 Å². The Hall–Kier alpha value is -1.44. The van der Waals surface area contributed by atoms with Gasteiger partial charge in [0.15, 0.2) is 0 Å². The Bertz CT molecular complexity index is 394. The zero-order valence-corrected chi connectivity index (χ0v) is 11.6. The number of aromatic hydroxyl groups is 2. The van der Waals surface area contributed by atoms with Crippen molar-refractivity contribution in [1.82, 2.24) is 0 Å². The van der Waals surface area contributed by atoms with E-state index in [0.29, 0.717) is 11.5 Å². The van der Waals surface area contributed by atoms with Gasteiger partial charge in [-0.2, -0.15) is 0 Å². The quantitative estimate of drug-likeness (QED) is 0.724. The Labute approximate surface area is 110 Å². The molecule has 2 heteroatoms. The zero-order chi connectivity index (χ0) is 13.5. The third-order valence-corrected chi connectivity index (χ3v) is 3.06. The molecule has 0 amide bonds. The van der Waals surface area contributed by atoms with Crippen LogP contribution in [0.25, 0.3) is 6.08 Å². The summed E-state index contributed by atoms with van der Waals surface area (Å²) in [7, 11) is 0. The van der Waals surface area contributed by atoms with E-state index in [2.05, 4.69) is 26.8 Å². The summed E-state index contributed by atoms with van der Waals surface area (Å²) in [5, 5.41) is 19.0. The molecule has 0 aliphatic heterocycles. The van der Waals surface area contributed by atoms with Crippen molar-refractivity contribution in [3.63, 3.8) is 0 Å². The van der Waals surface area contributed by atoms with Gasteiger partial charge in [0.1, 0.15) is 11.5 Å². The SMILES string of the molecule is CC(C)CCCC(C)C=Cc1cc(O)ccc1O. The van der Waals surface area contributed by atoms with Crippen molar-refractivity contribution in [2.24, 2.45) is 11.8 Å². The summed E-state index contributed by atoms with van der Waals surface area (Å²) < 4.78 is 0. The van der Waals surface area contributed by atoms with Crippen molar-refractivity contribution in [3.8, 4) is 11.5 Å². The zero-order valence-electron chi connectivity index (χ0n) is 11.6. The highest BCUT2D eigenvalue weighted by Crippen LogP contribution is 2.24. The third-order valence-electron chi connectivity index (χ3n) is 3.06. The first-order valence-electron chi connectivity index (χ1n) is 6.69. The normalized spacial score (nSPS) is 13.3. The van der Waals surface area contributed by atoms with Crippen LogP contribution in [0.2, 0.25) is 0 Å². The number of phenols is 2. The van der Waals surface area contributed by atoms with Crippen LogP contribution >= 0.6 is 0 Å². The van der Waals surface area contributed by atoms with Crippen LogP contribution in [0.5, 0.6) is 11.5 Å². The molecular formula is C16H24O2. The van der Waals surface area contributed by atoms with E-state index in [9.17, 15) is 10.2 Å². The van der Waals surface area contributed by atoms with Crippen LogP contribution < -0.4 is 0 Å². The van der Waals surface area contributed by atoms with E-state index in [1.165, 1.54) is 25.0 Å². The fourth-order valence-electron chi connectivity index (χ4n) is 1.89. The first-order valence-corrected chi connectivity index (χ1v) is 6.69. The second kappa shape index (κ2) is 7.10. The van der Waals surface area contributed by atoms with Crippen molar-refractivity contribution in [1.29, 1.82) is 0 Å². The Balaban J connectivity index is 2.50. The molecule has 0 spiro atoms. The first kappa shape index (κ1) is 14.6. The number of allylic oxidation sites excluding steroid dienone is 1. The molecule has 2 N–H and O–H groups in total. The molecule has 18 heavy (non-hydrogen) atoms. The molecule has 100 valence electrons. The summed E-state index contributed by atoms with van der Waals surface area (Å²) in [6, 6.07) is 4.57. The van der Waals surface area contributed by atoms with Gasteiger partial charge in [0, 0.05) is 5.56 Å². The molecule has 0 aliphatic carbocycles. The van der Waals surface area contributed by atoms with Crippen LogP contribution in [0, 0.1) is 11.8 Å². The minimum Gasteiger partial charge on any atom is -0.508 e. The molecule has 0 radical (unpaired) electrons. The van der Waals surface area contributed by atoms with Crippen LogP contribution in [0.4, 0.5) is 0 Å². The van der Waals surface area contributed by atoms with Crippen molar-refractivity contribution in [3.05, 3.63) is 29.8 Å². The van der Waals surface area contributed by atoms with Crippen LogP contribution in [0.15, 0.2) is 24.3 Å². The largest absolute Gasteiger partial charge is 0.508 e. The van der Waals surface area contributed by atoms with E-state index in [1.807, 2.05) is 6.08 Å². The van der Waals surface area contributed by atoms with Gasteiger partial charge in [-0.3, -0.25) is 0 Å². The molecule has 1 unspecified atom stereocenters. The second-order valence-electron chi connectivity index (χ2n) is 5.40. The highest BCUT2D eigenvalue weighted by Gasteiger charge is 2.02. The van der Waals surface area contributed by atoms with Crippen LogP contribution in [-0.4, -0.2) is 10.2 Å². The van der Waals surface area contributed by atoms with Gasteiger partial charge in [0.05, 0.1) is 0 Å². The van der Waals surface area contributed by atoms with Gasteiger partial charge < -0.3 is 10.2 Å². The molecule has 1 atom stereocenters. The third kappa shape index (κ3) is 5.26. The maximum absolute atomic E-state index is 9.63. The monoisotopic (exact) mass is 248 g/mol. The topological polar surface area (TPSA) is 40.5 Å². The summed E-state index contributed by atoms with van der Waals surface area (Å²) in [4.78, 5) is 0. The van der Waals surface area contributed by atoms with E-state index >= 15 is 0 Å². The van der Waals surface area contributed by atoms with Gasteiger partial charge >= 0.3 is 0 Å². The van der Waals surface area contributed by atoms with Crippen LogP contribution in [0.1, 0.15) is 45.6 Å². The average Bonchev–Trinajstić information content (AvgIpc) is 2.30. The molecule has 0 heterocycles. The molecule has 2 nitrogen and oxygen atoms in total. The molecule has 0 saturated heterocycles. The van der Waals surface area contributed by atoms with E-state index in [-0.39, 0.29) is 11.5 Å². The molecule has 0 bridgehead atoms. The van der Waals surface area contributed by atoms with Crippen LogP contribution in [0.3, 0.4) is 0 Å². The van der Waals surface area contributed by atoms with E-state index in [1.54, 1.807) is 6.07 Å². The van der Waals surface area contributed by atoms with Gasteiger partial charge in [-0.25, -0.2) is 0 Å². The lowest BCUT2D eigenvalue weighted by molar-refractivity contribution is 0.459. The smallest absolute Gasteiger partial charge is 0.123 e. The number of phenolic OH excluding ortho intramolecular Hbond substituents is 2. The van der Waals surface area contributed by atoms with E-state index in [0.717, 1.165) is 12.3 Å². The summed E-state index contributed by atoms with van der Waals surface area (Å²) in [6.45, 7) is 6.66. The molecule has 1 aromatic rings. The Morgan fingerprint density at radius 2 is 1.83 bits per heavy atom. The molecule has 0 aromatic heterocycles. The number of hydrogen-bond donors (Lipinski definition) is 2. The molecule has 1 aromatic carbocycles. The lowest BCUT2D eigenvalue weighted by Crippen LogP contribution is -1.93. The minimum atomic E-state index is 0.180. The van der Waals surface area contributed by atoms with Gasteiger partial charge in [-0.05, 0) is 36.5 Å². The lowest BCUT2D eigenvalue weighted by Gasteiger charge is -2.08. The maximum atomic E-state index is 9.63. The number of hydrogen-bond acceptors (Lipinski definition) is 2. The highest BCUT2D eigenvalue weighted by atomic mass is 16.3. The average molecular weight is 248 g/mol. The van der Waals surface area contributed by atoms with Crippen molar-refractivity contribution < 1.29 is 10.2 Å². The molecule has 0 fully saturated rings. The standard InChI is InChI=1S/C16H24O2/c1-12(2)5-4-6-13(3)7-8-14-11-15(17)9-10-16(14)18/h7-13,17-18H,4-6H2,1-3H3. The number of rotatable bonds is 6. The minimum absolute atomic E-state index is 0.180. The highest BCUT2D eigenvalue weighted by molar-refractivity contribution is 5.58. The molecular weight excluding hydrogens is 224 g/mol. The predicted molar refractivity (Wildman–Crippen MR) is 76.7 cm³/mol.